The number of hydrogen-bond donors (Lipinski definition) is 0. The molecule has 13 rings (SSSR count). The van der Waals surface area contributed by atoms with Crippen molar-refractivity contribution in [3.8, 4) is 66.8 Å². The first-order chi connectivity index (χ1) is 29.8. The summed E-state index contributed by atoms with van der Waals surface area (Å²) < 4.78 is 0. The molecule has 0 bridgehead atoms. The Morgan fingerprint density at radius 2 is 0.817 bits per heavy atom. The molecule has 60 heavy (non-hydrogen) atoms. The van der Waals surface area contributed by atoms with E-state index in [9.17, 15) is 0 Å². The third-order valence-electron chi connectivity index (χ3n) is 13.4. The SMILES string of the molecule is c1ccc(-c2ccc(N(c3ccc4c(c3)C3(c5ccccc5-4)c4ccccc4-c4c3cc3c5c(cccc45)-c4ccccc4-3)c3ccccc3-c3ccccc3)cc2)cc1. The first kappa shape index (κ1) is 33.3. The molecule has 0 aromatic heterocycles. The van der Waals surface area contributed by atoms with Gasteiger partial charge in [0.1, 0.15) is 0 Å². The zero-order valence-electron chi connectivity index (χ0n) is 32.8. The lowest BCUT2D eigenvalue weighted by Crippen LogP contribution is -2.26. The first-order valence-electron chi connectivity index (χ1n) is 20.9. The maximum atomic E-state index is 2.57. The summed E-state index contributed by atoms with van der Waals surface area (Å²) in [4.78, 5) is 2.47. The number of rotatable bonds is 5. The third-order valence-corrected chi connectivity index (χ3v) is 13.4. The highest BCUT2D eigenvalue weighted by molar-refractivity contribution is 6.21. The summed E-state index contributed by atoms with van der Waals surface area (Å²) in [5.41, 5.74) is 23.6. The fourth-order valence-corrected chi connectivity index (χ4v) is 11.0. The van der Waals surface area contributed by atoms with Crippen LogP contribution in [0.25, 0.3) is 77.5 Å². The van der Waals surface area contributed by atoms with Gasteiger partial charge in [-0.15, -0.1) is 0 Å². The monoisotopic (exact) mass is 759 g/mol. The minimum absolute atomic E-state index is 0.520. The van der Waals surface area contributed by atoms with E-state index in [4.69, 9.17) is 0 Å². The lowest BCUT2D eigenvalue weighted by Gasteiger charge is -2.33. The molecule has 0 heterocycles. The van der Waals surface area contributed by atoms with Gasteiger partial charge in [-0.2, -0.15) is 0 Å². The summed E-state index contributed by atoms with van der Waals surface area (Å²) >= 11 is 0. The molecule has 0 amide bonds. The van der Waals surface area contributed by atoms with Gasteiger partial charge in [0.25, 0.3) is 0 Å². The topological polar surface area (TPSA) is 3.24 Å². The van der Waals surface area contributed by atoms with E-state index >= 15 is 0 Å². The molecule has 1 atom stereocenters. The highest BCUT2D eigenvalue weighted by atomic mass is 15.1. The van der Waals surface area contributed by atoms with Crippen LogP contribution in [0.1, 0.15) is 22.3 Å². The van der Waals surface area contributed by atoms with Gasteiger partial charge in [-0.25, -0.2) is 0 Å². The fourth-order valence-electron chi connectivity index (χ4n) is 11.0. The molecule has 3 aliphatic rings. The minimum Gasteiger partial charge on any atom is -0.310 e. The quantitative estimate of drug-likeness (QED) is 0.169. The van der Waals surface area contributed by atoms with Crippen LogP contribution in [-0.2, 0) is 5.41 Å². The molecule has 0 saturated heterocycles. The van der Waals surface area contributed by atoms with E-state index in [0.717, 1.165) is 17.1 Å². The Hall–Kier alpha value is -7.74. The van der Waals surface area contributed by atoms with Crippen LogP contribution in [0, 0.1) is 0 Å². The lowest BCUT2D eigenvalue weighted by molar-refractivity contribution is 0.794. The van der Waals surface area contributed by atoms with E-state index in [1.807, 2.05) is 0 Å². The second-order valence-electron chi connectivity index (χ2n) is 16.3. The van der Waals surface area contributed by atoms with Crippen LogP contribution < -0.4 is 4.90 Å². The number of fused-ring (bicyclic) bond motifs is 14. The van der Waals surface area contributed by atoms with Crippen molar-refractivity contribution >= 4 is 27.8 Å². The molecule has 3 aliphatic carbocycles. The summed E-state index contributed by atoms with van der Waals surface area (Å²) in [6.07, 6.45) is 0. The molecular weight excluding hydrogens is 723 g/mol. The van der Waals surface area contributed by atoms with Crippen molar-refractivity contribution in [2.24, 2.45) is 0 Å². The molecular formula is C59H37N. The van der Waals surface area contributed by atoms with Crippen LogP contribution in [0.5, 0.6) is 0 Å². The molecule has 0 radical (unpaired) electrons. The first-order valence-corrected chi connectivity index (χ1v) is 20.9. The van der Waals surface area contributed by atoms with Gasteiger partial charge in [0, 0.05) is 16.9 Å². The maximum Gasteiger partial charge on any atom is 0.0726 e. The molecule has 1 heteroatoms. The highest BCUT2D eigenvalue weighted by Crippen LogP contribution is 2.66. The number of para-hydroxylation sites is 1. The van der Waals surface area contributed by atoms with Crippen LogP contribution in [0.3, 0.4) is 0 Å². The van der Waals surface area contributed by atoms with Crippen LogP contribution in [-0.4, -0.2) is 0 Å². The molecule has 0 aliphatic heterocycles. The molecule has 278 valence electrons. The van der Waals surface area contributed by atoms with Crippen LogP contribution in [0.15, 0.2) is 224 Å². The molecule has 1 nitrogen and oxygen atoms in total. The Morgan fingerprint density at radius 1 is 0.283 bits per heavy atom. The third kappa shape index (κ3) is 4.47. The van der Waals surface area contributed by atoms with Gasteiger partial charge in [-0.05, 0) is 131 Å². The van der Waals surface area contributed by atoms with E-state index in [0.29, 0.717) is 0 Å². The van der Waals surface area contributed by atoms with Crippen molar-refractivity contribution in [3.63, 3.8) is 0 Å². The Labute approximate surface area is 350 Å². The summed E-state index contributed by atoms with van der Waals surface area (Å²) in [7, 11) is 0. The Bertz CT molecular complexity index is 3360. The largest absolute Gasteiger partial charge is 0.310 e. The number of hydrogen-bond acceptors (Lipinski definition) is 1. The van der Waals surface area contributed by atoms with Crippen molar-refractivity contribution in [2.75, 3.05) is 4.90 Å². The molecule has 1 spiro atoms. The van der Waals surface area contributed by atoms with Crippen LogP contribution in [0.2, 0.25) is 0 Å². The molecule has 0 fully saturated rings. The Kier molecular flexibility index (Phi) is 7.00. The Balaban J connectivity index is 1.10. The smallest absolute Gasteiger partial charge is 0.0726 e. The standard InChI is InChI=1S/C59H37N/c1-3-16-38(17-4-1)39-30-32-41(33-31-39)60(56-29-14-11-20-43(56)40-18-5-2-6-19-40)42-34-35-47-46-23-9-12-27-52(46)59(54(47)36-42)53-28-13-10-24-49(53)58-50-26-15-25-48-44-21-7-8-22-45(44)51(57(48)50)37-55(58)59/h1-37H. The van der Waals surface area contributed by atoms with Gasteiger partial charge in [-0.3, -0.25) is 0 Å². The molecule has 0 N–H and O–H groups in total. The lowest BCUT2D eigenvalue weighted by atomic mass is 9.70. The van der Waals surface area contributed by atoms with Crippen molar-refractivity contribution in [1.29, 1.82) is 0 Å². The summed E-state index contributed by atoms with van der Waals surface area (Å²) in [6.45, 7) is 0. The minimum atomic E-state index is -0.520. The normalized spacial score (nSPS) is 14.7. The second-order valence-corrected chi connectivity index (χ2v) is 16.3. The molecule has 1 unspecified atom stereocenters. The zero-order valence-corrected chi connectivity index (χ0v) is 32.8. The fraction of sp³-hybridized carbons (Fsp3) is 0.0169. The molecule has 10 aromatic rings. The van der Waals surface area contributed by atoms with Crippen molar-refractivity contribution < 1.29 is 0 Å². The van der Waals surface area contributed by atoms with Gasteiger partial charge in [0.2, 0.25) is 0 Å². The molecule has 0 saturated carbocycles. The van der Waals surface area contributed by atoms with E-state index in [1.54, 1.807) is 0 Å². The van der Waals surface area contributed by atoms with Gasteiger partial charge in [0.15, 0.2) is 0 Å². The van der Waals surface area contributed by atoms with Gasteiger partial charge in [-0.1, -0.05) is 188 Å². The van der Waals surface area contributed by atoms with E-state index in [1.165, 1.54) is 99.8 Å². The maximum absolute atomic E-state index is 2.57. The van der Waals surface area contributed by atoms with Gasteiger partial charge in [0.05, 0.1) is 11.1 Å². The zero-order chi connectivity index (χ0) is 39.4. The summed E-state index contributed by atoms with van der Waals surface area (Å²) in [5.74, 6) is 0. The van der Waals surface area contributed by atoms with E-state index in [2.05, 4.69) is 229 Å². The van der Waals surface area contributed by atoms with Crippen LogP contribution >= 0.6 is 0 Å². The van der Waals surface area contributed by atoms with Gasteiger partial charge >= 0.3 is 0 Å². The van der Waals surface area contributed by atoms with Crippen LogP contribution in [0.4, 0.5) is 17.1 Å². The summed E-state index contributed by atoms with van der Waals surface area (Å²) in [6, 6.07) is 83.5. The predicted octanol–water partition coefficient (Wildman–Crippen LogP) is 15.6. The van der Waals surface area contributed by atoms with Crippen molar-refractivity contribution in [3.05, 3.63) is 247 Å². The summed E-state index contributed by atoms with van der Waals surface area (Å²) in [5, 5.41) is 2.70. The molecule has 10 aromatic carbocycles. The van der Waals surface area contributed by atoms with Crippen molar-refractivity contribution in [2.45, 2.75) is 5.41 Å². The Morgan fingerprint density at radius 3 is 1.57 bits per heavy atom. The van der Waals surface area contributed by atoms with E-state index < -0.39 is 5.41 Å². The van der Waals surface area contributed by atoms with Crippen molar-refractivity contribution in [1.82, 2.24) is 0 Å². The number of anilines is 3. The second kappa shape index (κ2) is 12.6. The average molecular weight is 760 g/mol. The number of benzene rings is 10. The average Bonchev–Trinajstić information content (AvgIpc) is 3.92. The number of nitrogens with zero attached hydrogens (tertiary/aromatic N) is 1. The highest BCUT2D eigenvalue weighted by Gasteiger charge is 2.53. The predicted molar refractivity (Wildman–Crippen MR) is 250 cm³/mol. The van der Waals surface area contributed by atoms with Gasteiger partial charge < -0.3 is 4.90 Å². The van der Waals surface area contributed by atoms with E-state index in [-0.39, 0.29) is 0 Å².